The van der Waals surface area contributed by atoms with Gasteiger partial charge in [0.2, 0.25) is 0 Å². The van der Waals surface area contributed by atoms with Crippen LogP contribution in [-0.2, 0) is 6.61 Å². The van der Waals surface area contributed by atoms with Crippen molar-refractivity contribution < 1.29 is 14.2 Å². The predicted molar refractivity (Wildman–Crippen MR) is 74.9 cm³/mol. The summed E-state index contributed by atoms with van der Waals surface area (Å²) in [6, 6.07) is 15.5. The molecule has 0 atom stereocenters. The van der Waals surface area contributed by atoms with E-state index >= 15 is 0 Å². The molecule has 3 heteroatoms. The second kappa shape index (κ2) is 6.69. The van der Waals surface area contributed by atoms with Crippen LogP contribution in [0, 0.1) is 0 Å². The average molecular weight is 258 g/mol. The number of hydrogen-bond donors (Lipinski definition) is 0. The lowest BCUT2D eigenvalue weighted by Crippen LogP contribution is -1.99. The van der Waals surface area contributed by atoms with Crippen LogP contribution in [0.15, 0.2) is 48.5 Å². The summed E-state index contributed by atoms with van der Waals surface area (Å²) in [4.78, 5) is 0. The number of para-hydroxylation sites is 2. The maximum absolute atomic E-state index is 5.79. The zero-order chi connectivity index (χ0) is 13.5. The average Bonchev–Trinajstić information content (AvgIpc) is 2.47. The maximum Gasteiger partial charge on any atom is 0.161 e. The fourth-order valence-electron chi connectivity index (χ4n) is 1.77. The molecule has 0 aliphatic carbocycles. The van der Waals surface area contributed by atoms with Crippen LogP contribution in [-0.4, -0.2) is 13.7 Å². The number of benzene rings is 2. The molecule has 0 radical (unpaired) electrons. The first-order valence-electron chi connectivity index (χ1n) is 6.31. The first-order valence-corrected chi connectivity index (χ1v) is 6.31. The number of hydrogen-bond acceptors (Lipinski definition) is 3. The molecule has 0 unspecified atom stereocenters. The van der Waals surface area contributed by atoms with Crippen LogP contribution in [0.4, 0.5) is 0 Å². The predicted octanol–water partition coefficient (Wildman–Crippen LogP) is 3.67. The van der Waals surface area contributed by atoms with Crippen molar-refractivity contribution in [3.05, 3.63) is 54.1 Å². The van der Waals surface area contributed by atoms with Crippen LogP contribution < -0.4 is 14.2 Å². The van der Waals surface area contributed by atoms with Gasteiger partial charge in [-0.05, 0) is 36.8 Å². The fourth-order valence-corrected chi connectivity index (χ4v) is 1.77. The molecule has 0 fully saturated rings. The SMILES string of the molecule is CCOc1ccccc1OCc1cccc(OC)c1. The Labute approximate surface area is 113 Å². The first kappa shape index (κ1) is 13.3. The molecule has 0 bridgehead atoms. The smallest absolute Gasteiger partial charge is 0.161 e. The number of ether oxygens (including phenoxy) is 3. The van der Waals surface area contributed by atoms with Crippen molar-refractivity contribution in [1.82, 2.24) is 0 Å². The molecule has 2 rings (SSSR count). The molecule has 0 aliphatic heterocycles. The molecular formula is C16H18O3. The third-order valence-corrected chi connectivity index (χ3v) is 2.68. The molecular weight excluding hydrogens is 240 g/mol. The third kappa shape index (κ3) is 3.65. The van der Waals surface area contributed by atoms with Gasteiger partial charge in [-0.2, -0.15) is 0 Å². The highest BCUT2D eigenvalue weighted by Gasteiger charge is 2.04. The largest absolute Gasteiger partial charge is 0.497 e. The summed E-state index contributed by atoms with van der Waals surface area (Å²) in [6.07, 6.45) is 0. The van der Waals surface area contributed by atoms with Gasteiger partial charge in [0, 0.05) is 0 Å². The molecule has 19 heavy (non-hydrogen) atoms. The summed E-state index contributed by atoms with van der Waals surface area (Å²) in [5, 5.41) is 0. The highest BCUT2D eigenvalue weighted by atomic mass is 16.5. The van der Waals surface area contributed by atoms with Gasteiger partial charge in [-0.25, -0.2) is 0 Å². The van der Waals surface area contributed by atoms with Crippen molar-refractivity contribution in [1.29, 1.82) is 0 Å². The molecule has 0 N–H and O–H groups in total. The molecule has 0 spiro atoms. The van der Waals surface area contributed by atoms with Crippen LogP contribution >= 0.6 is 0 Å². The van der Waals surface area contributed by atoms with E-state index in [1.54, 1.807) is 7.11 Å². The Morgan fingerprint density at radius 1 is 0.895 bits per heavy atom. The Balaban J connectivity index is 2.05. The summed E-state index contributed by atoms with van der Waals surface area (Å²) in [5.74, 6) is 2.36. The van der Waals surface area contributed by atoms with E-state index in [-0.39, 0.29) is 0 Å². The van der Waals surface area contributed by atoms with E-state index in [2.05, 4.69) is 0 Å². The molecule has 0 heterocycles. The zero-order valence-corrected chi connectivity index (χ0v) is 11.3. The Kier molecular flexibility index (Phi) is 4.67. The molecule has 0 aliphatic rings. The maximum atomic E-state index is 5.79. The standard InChI is InChI=1S/C16H18O3/c1-3-18-15-9-4-5-10-16(15)19-12-13-7-6-8-14(11-13)17-2/h4-11H,3,12H2,1-2H3. The van der Waals surface area contributed by atoms with E-state index in [1.807, 2.05) is 55.5 Å². The van der Waals surface area contributed by atoms with E-state index in [0.29, 0.717) is 13.2 Å². The van der Waals surface area contributed by atoms with Crippen LogP contribution in [0.3, 0.4) is 0 Å². The Morgan fingerprint density at radius 2 is 1.63 bits per heavy atom. The lowest BCUT2D eigenvalue weighted by atomic mass is 10.2. The van der Waals surface area contributed by atoms with Crippen molar-refractivity contribution >= 4 is 0 Å². The van der Waals surface area contributed by atoms with Gasteiger partial charge >= 0.3 is 0 Å². The van der Waals surface area contributed by atoms with E-state index in [1.165, 1.54) is 0 Å². The summed E-state index contributed by atoms with van der Waals surface area (Å²) in [7, 11) is 1.66. The van der Waals surface area contributed by atoms with Gasteiger partial charge in [0.05, 0.1) is 13.7 Å². The molecule has 0 saturated heterocycles. The minimum absolute atomic E-state index is 0.487. The van der Waals surface area contributed by atoms with Gasteiger partial charge in [0.1, 0.15) is 12.4 Å². The second-order valence-electron chi connectivity index (χ2n) is 4.02. The third-order valence-electron chi connectivity index (χ3n) is 2.68. The normalized spacial score (nSPS) is 10.0. The Bertz CT molecular complexity index is 523. The Hall–Kier alpha value is -2.16. The topological polar surface area (TPSA) is 27.7 Å². The van der Waals surface area contributed by atoms with E-state index in [9.17, 15) is 0 Å². The fraction of sp³-hybridized carbons (Fsp3) is 0.250. The molecule has 0 saturated carbocycles. The summed E-state index contributed by atoms with van der Waals surface area (Å²) in [6.45, 7) is 3.07. The van der Waals surface area contributed by atoms with Gasteiger partial charge in [-0.15, -0.1) is 0 Å². The number of rotatable bonds is 6. The first-order chi connectivity index (χ1) is 9.33. The minimum atomic E-state index is 0.487. The van der Waals surface area contributed by atoms with Crippen molar-refractivity contribution in [2.75, 3.05) is 13.7 Å². The van der Waals surface area contributed by atoms with E-state index in [0.717, 1.165) is 22.8 Å². The second-order valence-corrected chi connectivity index (χ2v) is 4.02. The lowest BCUT2D eigenvalue weighted by molar-refractivity contribution is 0.269. The quantitative estimate of drug-likeness (QED) is 0.791. The zero-order valence-electron chi connectivity index (χ0n) is 11.3. The molecule has 0 aromatic heterocycles. The van der Waals surface area contributed by atoms with E-state index in [4.69, 9.17) is 14.2 Å². The molecule has 100 valence electrons. The van der Waals surface area contributed by atoms with Crippen LogP contribution in [0.2, 0.25) is 0 Å². The van der Waals surface area contributed by atoms with Crippen LogP contribution in [0.25, 0.3) is 0 Å². The summed E-state index contributed by atoms with van der Waals surface area (Å²) < 4.78 is 16.5. The van der Waals surface area contributed by atoms with Gasteiger partial charge in [0.25, 0.3) is 0 Å². The van der Waals surface area contributed by atoms with Crippen molar-refractivity contribution in [3.63, 3.8) is 0 Å². The van der Waals surface area contributed by atoms with Crippen molar-refractivity contribution in [3.8, 4) is 17.2 Å². The Morgan fingerprint density at radius 3 is 2.32 bits per heavy atom. The lowest BCUT2D eigenvalue weighted by Gasteiger charge is -2.12. The summed E-state index contributed by atoms with van der Waals surface area (Å²) in [5.41, 5.74) is 1.06. The molecule has 3 nitrogen and oxygen atoms in total. The monoisotopic (exact) mass is 258 g/mol. The van der Waals surface area contributed by atoms with Gasteiger partial charge in [-0.1, -0.05) is 24.3 Å². The van der Waals surface area contributed by atoms with Gasteiger partial charge in [-0.3, -0.25) is 0 Å². The van der Waals surface area contributed by atoms with Crippen LogP contribution in [0.1, 0.15) is 12.5 Å². The van der Waals surface area contributed by atoms with Crippen LogP contribution in [0.5, 0.6) is 17.2 Å². The molecule has 2 aromatic rings. The molecule has 2 aromatic carbocycles. The van der Waals surface area contributed by atoms with Gasteiger partial charge in [0.15, 0.2) is 11.5 Å². The van der Waals surface area contributed by atoms with Gasteiger partial charge < -0.3 is 14.2 Å². The minimum Gasteiger partial charge on any atom is -0.497 e. The van der Waals surface area contributed by atoms with E-state index < -0.39 is 0 Å². The highest BCUT2D eigenvalue weighted by Crippen LogP contribution is 2.27. The number of methoxy groups -OCH3 is 1. The summed E-state index contributed by atoms with van der Waals surface area (Å²) >= 11 is 0. The highest BCUT2D eigenvalue weighted by molar-refractivity contribution is 5.39. The van der Waals surface area contributed by atoms with Crippen molar-refractivity contribution in [2.45, 2.75) is 13.5 Å². The van der Waals surface area contributed by atoms with Crippen molar-refractivity contribution in [2.24, 2.45) is 0 Å². The molecule has 0 amide bonds.